The smallest absolute Gasteiger partial charge is 0.331 e. The first-order valence-corrected chi connectivity index (χ1v) is 14.1. The van der Waals surface area contributed by atoms with E-state index in [4.69, 9.17) is 11.6 Å². The van der Waals surface area contributed by atoms with Crippen LogP contribution in [0.25, 0.3) is 0 Å². The Morgan fingerprint density at radius 2 is 1.59 bits per heavy atom. The number of nitrogens with zero attached hydrogens (tertiary/aromatic N) is 2. The lowest BCUT2D eigenvalue weighted by atomic mass is 10.0. The summed E-state index contributed by atoms with van der Waals surface area (Å²) in [7, 11) is 0. The highest BCUT2D eigenvalue weighted by atomic mass is 35.5. The zero-order valence-electron chi connectivity index (χ0n) is 22.0. The van der Waals surface area contributed by atoms with Crippen LogP contribution in [0.1, 0.15) is 76.7 Å². The third-order valence-corrected chi connectivity index (χ3v) is 6.98. The third kappa shape index (κ3) is 9.51. The van der Waals surface area contributed by atoms with Crippen molar-refractivity contribution in [3.8, 4) is 0 Å². The molecule has 0 saturated carbocycles. The second kappa shape index (κ2) is 15.4. The number of halogens is 1. The van der Waals surface area contributed by atoms with E-state index in [0.717, 1.165) is 29.7 Å². The van der Waals surface area contributed by atoms with Gasteiger partial charge in [-0.3, -0.25) is 9.59 Å². The molecule has 2 aromatic rings. The van der Waals surface area contributed by atoms with Crippen molar-refractivity contribution >= 4 is 35.1 Å². The van der Waals surface area contributed by atoms with Gasteiger partial charge in [0.25, 0.3) is 5.91 Å². The molecule has 0 unspecified atom stereocenters. The molecule has 0 aromatic heterocycles. The van der Waals surface area contributed by atoms with Crippen molar-refractivity contribution in [1.29, 1.82) is 0 Å². The number of unbranched alkanes of at least 4 members (excludes halogenated alkanes) is 8. The largest absolute Gasteiger partial charge is 0.351 e. The fourth-order valence-electron chi connectivity index (χ4n) is 4.78. The van der Waals surface area contributed by atoms with Crippen molar-refractivity contribution in [3.05, 3.63) is 65.2 Å². The second-order valence-corrected chi connectivity index (χ2v) is 10.3. The lowest BCUT2D eigenvalue weighted by molar-refractivity contribution is -0.122. The quantitative estimate of drug-likeness (QED) is 0.194. The minimum atomic E-state index is -0.390. The number of carbonyl (C=O) groups is 3. The molecule has 0 bridgehead atoms. The normalized spacial score (nSPS) is 14.3. The van der Waals surface area contributed by atoms with Crippen molar-refractivity contribution in [3.63, 3.8) is 0 Å². The highest BCUT2D eigenvalue weighted by molar-refractivity contribution is 6.31. The van der Waals surface area contributed by atoms with Crippen LogP contribution in [0.4, 0.5) is 10.5 Å². The number of nitrogens with one attached hydrogen (secondary N) is 1. The topological polar surface area (TPSA) is 69.7 Å². The molecular formula is C30H40ClN3O3. The van der Waals surface area contributed by atoms with Crippen LogP contribution in [-0.4, -0.2) is 41.9 Å². The van der Waals surface area contributed by atoms with Gasteiger partial charge in [-0.25, -0.2) is 9.69 Å². The molecule has 37 heavy (non-hydrogen) atoms. The fraction of sp³-hybridized carbons (Fsp3) is 0.500. The molecule has 1 aliphatic rings. The summed E-state index contributed by atoms with van der Waals surface area (Å²) >= 11 is 6.07. The van der Waals surface area contributed by atoms with Crippen LogP contribution in [-0.2, 0) is 16.0 Å². The van der Waals surface area contributed by atoms with Gasteiger partial charge in [0.05, 0.1) is 11.7 Å². The zero-order chi connectivity index (χ0) is 26.5. The summed E-state index contributed by atoms with van der Waals surface area (Å²) < 4.78 is 0. The molecule has 7 heteroatoms. The molecule has 0 aliphatic carbocycles. The van der Waals surface area contributed by atoms with Gasteiger partial charge in [-0.05, 0) is 36.6 Å². The van der Waals surface area contributed by atoms with Crippen molar-refractivity contribution in [2.45, 2.75) is 83.6 Å². The van der Waals surface area contributed by atoms with Crippen LogP contribution in [0.5, 0.6) is 0 Å². The first kappa shape index (κ1) is 28.7. The van der Waals surface area contributed by atoms with E-state index < -0.39 is 6.03 Å². The van der Waals surface area contributed by atoms with Crippen molar-refractivity contribution in [2.24, 2.45) is 0 Å². The minimum absolute atomic E-state index is 0.00598. The van der Waals surface area contributed by atoms with E-state index in [9.17, 15) is 14.4 Å². The summed E-state index contributed by atoms with van der Waals surface area (Å²) in [6.07, 6.45) is 11.9. The number of imide groups is 1. The standard InChI is InChI=1S/C30H40ClN3O3/c1-2-3-4-5-6-7-8-9-13-19-28(35)32-26(20-24-15-11-10-12-16-24)22-33-23-29(36)34(30(33)37)27-18-14-17-25(31)21-27/h10-12,14-18,21,26H,2-9,13,19-20,22-23H2,1H3,(H,32,35)/t26-/m0/s1. The Bertz CT molecular complexity index is 1010. The van der Waals surface area contributed by atoms with Crippen molar-refractivity contribution < 1.29 is 14.4 Å². The van der Waals surface area contributed by atoms with E-state index in [-0.39, 0.29) is 30.9 Å². The number of benzene rings is 2. The third-order valence-electron chi connectivity index (χ3n) is 6.74. The van der Waals surface area contributed by atoms with E-state index in [1.165, 1.54) is 43.4 Å². The Labute approximate surface area is 226 Å². The van der Waals surface area contributed by atoms with Gasteiger partial charge >= 0.3 is 6.03 Å². The Balaban J connectivity index is 1.52. The van der Waals surface area contributed by atoms with E-state index in [0.29, 0.717) is 23.6 Å². The monoisotopic (exact) mass is 525 g/mol. The van der Waals surface area contributed by atoms with Crippen LogP contribution in [0, 0.1) is 0 Å². The predicted octanol–water partition coefficient (Wildman–Crippen LogP) is 6.76. The Kier molecular flexibility index (Phi) is 12.0. The van der Waals surface area contributed by atoms with Gasteiger partial charge in [0.2, 0.25) is 5.91 Å². The number of rotatable bonds is 16. The van der Waals surface area contributed by atoms with E-state index in [1.54, 1.807) is 24.3 Å². The molecule has 0 spiro atoms. The molecule has 1 heterocycles. The van der Waals surface area contributed by atoms with Gasteiger partial charge in [0.15, 0.2) is 0 Å². The van der Waals surface area contributed by atoms with Gasteiger partial charge in [0, 0.05) is 18.0 Å². The Morgan fingerprint density at radius 1 is 0.919 bits per heavy atom. The molecule has 2 aromatic carbocycles. The summed E-state index contributed by atoms with van der Waals surface area (Å²) in [6, 6.07) is 15.9. The molecule has 1 N–H and O–H groups in total. The fourth-order valence-corrected chi connectivity index (χ4v) is 4.97. The van der Waals surface area contributed by atoms with Crippen molar-refractivity contribution in [1.82, 2.24) is 10.2 Å². The number of hydrogen-bond donors (Lipinski definition) is 1. The van der Waals surface area contributed by atoms with Gasteiger partial charge in [-0.1, -0.05) is 106 Å². The average Bonchev–Trinajstić information content (AvgIpc) is 3.15. The molecule has 200 valence electrons. The Morgan fingerprint density at radius 3 is 2.27 bits per heavy atom. The number of carbonyl (C=O) groups excluding carboxylic acids is 3. The second-order valence-electron chi connectivity index (χ2n) is 9.90. The van der Waals surface area contributed by atoms with Gasteiger partial charge in [-0.2, -0.15) is 0 Å². The van der Waals surface area contributed by atoms with Gasteiger partial charge in [0.1, 0.15) is 6.54 Å². The zero-order valence-corrected chi connectivity index (χ0v) is 22.7. The highest BCUT2D eigenvalue weighted by Crippen LogP contribution is 2.24. The van der Waals surface area contributed by atoms with Crippen LogP contribution in [0.15, 0.2) is 54.6 Å². The highest BCUT2D eigenvalue weighted by Gasteiger charge is 2.38. The van der Waals surface area contributed by atoms with E-state index in [2.05, 4.69) is 12.2 Å². The molecule has 6 nitrogen and oxygen atoms in total. The summed E-state index contributed by atoms with van der Waals surface area (Å²) in [4.78, 5) is 41.3. The van der Waals surface area contributed by atoms with Crippen LogP contribution >= 0.6 is 11.6 Å². The SMILES string of the molecule is CCCCCCCCCCCC(=O)N[C@@H](Cc1ccccc1)CN1CC(=O)N(c2cccc(Cl)c2)C1=O. The maximum Gasteiger partial charge on any atom is 0.331 e. The van der Waals surface area contributed by atoms with E-state index >= 15 is 0 Å². The van der Waals surface area contributed by atoms with E-state index in [1.807, 2.05) is 30.3 Å². The average molecular weight is 526 g/mol. The lowest BCUT2D eigenvalue weighted by Gasteiger charge is -2.25. The lowest BCUT2D eigenvalue weighted by Crippen LogP contribution is -2.46. The van der Waals surface area contributed by atoms with Gasteiger partial charge < -0.3 is 10.2 Å². The first-order chi connectivity index (χ1) is 18.0. The molecule has 1 atom stereocenters. The van der Waals surface area contributed by atoms with Crippen molar-refractivity contribution in [2.75, 3.05) is 18.0 Å². The number of hydrogen-bond acceptors (Lipinski definition) is 3. The van der Waals surface area contributed by atoms with Crippen LogP contribution in [0.3, 0.4) is 0 Å². The molecule has 0 radical (unpaired) electrons. The number of amides is 4. The van der Waals surface area contributed by atoms with Crippen LogP contribution in [0.2, 0.25) is 5.02 Å². The molecular weight excluding hydrogens is 486 g/mol. The maximum absolute atomic E-state index is 13.1. The first-order valence-electron chi connectivity index (χ1n) is 13.7. The summed E-state index contributed by atoms with van der Waals surface area (Å²) in [5.41, 5.74) is 1.53. The van der Waals surface area contributed by atoms with Crippen LogP contribution < -0.4 is 10.2 Å². The molecule has 4 amide bonds. The number of anilines is 1. The Hall–Kier alpha value is -2.86. The molecule has 1 saturated heterocycles. The number of urea groups is 1. The molecule has 1 fully saturated rings. The minimum Gasteiger partial charge on any atom is -0.351 e. The summed E-state index contributed by atoms with van der Waals surface area (Å²) in [5.74, 6) is -0.305. The molecule has 1 aliphatic heterocycles. The summed E-state index contributed by atoms with van der Waals surface area (Å²) in [5, 5.41) is 3.59. The van der Waals surface area contributed by atoms with Gasteiger partial charge in [-0.15, -0.1) is 0 Å². The maximum atomic E-state index is 13.1. The molecule has 3 rings (SSSR count). The predicted molar refractivity (Wildman–Crippen MR) is 150 cm³/mol. The summed E-state index contributed by atoms with van der Waals surface area (Å²) in [6.45, 7) is 2.47.